The second-order valence-electron chi connectivity index (χ2n) is 4.53. The van der Waals surface area contributed by atoms with Crippen LogP contribution < -0.4 is 10.1 Å². The Morgan fingerprint density at radius 2 is 2.00 bits per heavy atom. The van der Waals surface area contributed by atoms with Crippen LogP contribution in [0, 0.1) is 12.7 Å². The number of hydrogen-bond donors (Lipinski definition) is 1. The van der Waals surface area contributed by atoms with Crippen LogP contribution in [0.5, 0.6) is 5.75 Å². The van der Waals surface area contributed by atoms with E-state index in [0.29, 0.717) is 17.0 Å². The third-order valence-corrected chi connectivity index (χ3v) is 3.04. The van der Waals surface area contributed by atoms with Crippen LogP contribution in [0.1, 0.15) is 5.56 Å². The van der Waals surface area contributed by atoms with Crippen LogP contribution in [0.4, 0.5) is 10.1 Å². The number of amides is 1. The van der Waals surface area contributed by atoms with Crippen molar-refractivity contribution in [3.63, 3.8) is 0 Å². The zero-order valence-electron chi connectivity index (χ0n) is 10.4. The molecule has 0 aromatic heterocycles. The van der Waals surface area contributed by atoms with Gasteiger partial charge in [-0.2, -0.15) is 0 Å². The SMILES string of the molecule is Cc1ccc2c(c1)NC(=O)COc1ccc(F)cc1-2. The predicted octanol–water partition coefficient (Wildman–Crippen LogP) is 3.13. The van der Waals surface area contributed by atoms with E-state index in [1.54, 1.807) is 6.07 Å². The first-order chi connectivity index (χ1) is 9.13. The summed E-state index contributed by atoms with van der Waals surface area (Å²) < 4.78 is 18.8. The Hall–Kier alpha value is -2.36. The molecule has 0 atom stereocenters. The molecule has 1 heterocycles. The molecule has 19 heavy (non-hydrogen) atoms. The molecule has 1 N–H and O–H groups in total. The van der Waals surface area contributed by atoms with Crippen LogP contribution >= 0.6 is 0 Å². The first kappa shape index (κ1) is 11.7. The topological polar surface area (TPSA) is 38.3 Å². The quantitative estimate of drug-likeness (QED) is 0.787. The van der Waals surface area contributed by atoms with Gasteiger partial charge >= 0.3 is 0 Å². The second-order valence-corrected chi connectivity index (χ2v) is 4.53. The molecule has 1 aliphatic heterocycles. The highest BCUT2D eigenvalue weighted by molar-refractivity contribution is 5.98. The first-order valence-electron chi connectivity index (χ1n) is 5.97. The summed E-state index contributed by atoms with van der Waals surface area (Å²) in [5.74, 6) is -0.0380. The number of halogens is 1. The molecule has 0 saturated carbocycles. The molecule has 0 saturated heterocycles. The molecule has 0 fully saturated rings. The third-order valence-electron chi connectivity index (χ3n) is 3.04. The van der Waals surface area contributed by atoms with Crippen molar-refractivity contribution in [2.24, 2.45) is 0 Å². The van der Waals surface area contributed by atoms with Gasteiger partial charge in [0.05, 0.1) is 0 Å². The molecule has 4 heteroatoms. The van der Waals surface area contributed by atoms with Crippen LogP contribution in [-0.2, 0) is 4.79 Å². The summed E-state index contributed by atoms with van der Waals surface area (Å²) in [5.41, 5.74) is 3.11. The molecule has 1 aliphatic rings. The number of hydrogen-bond acceptors (Lipinski definition) is 2. The van der Waals surface area contributed by atoms with Crippen molar-refractivity contribution in [2.45, 2.75) is 6.92 Å². The van der Waals surface area contributed by atoms with Gasteiger partial charge in [0.25, 0.3) is 5.91 Å². The molecule has 3 rings (SSSR count). The van der Waals surface area contributed by atoms with Gasteiger partial charge in [0.2, 0.25) is 0 Å². The molecule has 96 valence electrons. The minimum atomic E-state index is -0.333. The van der Waals surface area contributed by atoms with Crippen molar-refractivity contribution < 1.29 is 13.9 Å². The monoisotopic (exact) mass is 257 g/mol. The van der Waals surface area contributed by atoms with Gasteiger partial charge in [-0.1, -0.05) is 12.1 Å². The summed E-state index contributed by atoms with van der Waals surface area (Å²) in [5, 5.41) is 2.78. The normalized spacial score (nSPS) is 13.5. The molecule has 3 nitrogen and oxygen atoms in total. The van der Waals surface area contributed by atoms with Gasteiger partial charge in [0.15, 0.2) is 6.61 Å². The van der Waals surface area contributed by atoms with Gasteiger partial charge in [-0.15, -0.1) is 0 Å². The Morgan fingerprint density at radius 3 is 2.84 bits per heavy atom. The highest BCUT2D eigenvalue weighted by Crippen LogP contribution is 2.37. The van der Waals surface area contributed by atoms with Crippen molar-refractivity contribution in [1.29, 1.82) is 0 Å². The van der Waals surface area contributed by atoms with Gasteiger partial charge in [-0.3, -0.25) is 4.79 Å². The van der Waals surface area contributed by atoms with Crippen molar-refractivity contribution in [3.05, 3.63) is 47.8 Å². The lowest BCUT2D eigenvalue weighted by Gasteiger charge is -2.19. The molecule has 1 amide bonds. The molecule has 0 radical (unpaired) electrons. The summed E-state index contributed by atoms with van der Waals surface area (Å²) in [6.45, 7) is 1.86. The predicted molar refractivity (Wildman–Crippen MR) is 70.7 cm³/mol. The van der Waals surface area contributed by atoms with E-state index in [0.717, 1.165) is 11.1 Å². The van der Waals surface area contributed by atoms with E-state index in [4.69, 9.17) is 4.74 Å². The number of ether oxygens (including phenoxy) is 1. The molecule has 0 spiro atoms. The van der Waals surface area contributed by atoms with Crippen LogP contribution in [-0.4, -0.2) is 12.5 Å². The number of fused-ring (bicyclic) bond motifs is 3. The van der Waals surface area contributed by atoms with Gasteiger partial charge in [0, 0.05) is 16.8 Å². The van der Waals surface area contributed by atoms with Crippen molar-refractivity contribution in [2.75, 3.05) is 11.9 Å². The van der Waals surface area contributed by atoms with Gasteiger partial charge < -0.3 is 10.1 Å². The maximum atomic E-state index is 13.4. The van der Waals surface area contributed by atoms with E-state index in [-0.39, 0.29) is 18.3 Å². The Bertz CT molecular complexity index is 667. The van der Waals surface area contributed by atoms with E-state index >= 15 is 0 Å². The van der Waals surface area contributed by atoms with Crippen LogP contribution in [0.3, 0.4) is 0 Å². The number of nitrogens with one attached hydrogen (secondary N) is 1. The summed E-state index contributed by atoms with van der Waals surface area (Å²) in [7, 11) is 0. The lowest BCUT2D eigenvalue weighted by Crippen LogP contribution is -2.22. The number of aryl methyl sites for hydroxylation is 1. The van der Waals surface area contributed by atoms with E-state index < -0.39 is 0 Å². The van der Waals surface area contributed by atoms with Crippen LogP contribution in [0.25, 0.3) is 11.1 Å². The zero-order chi connectivity index (χ0) is 13.4. The number of carbonyl (C=O) groups excluding carboxylic acids is 1. The maximum absolute atomic E-state index is 13.4. The lowest BCUT2D eigenvalue weighted by molar-refractivity contribution is -0.118. The molecular formula is C15H12FNO2. The minimum Gasteiger partial charge on any atom is -0.483 e. The summed E-state index contributed by atoms with van der Waals surface area (Å²) in [6.07, 6.45) is 0. The molecule has 2 aromatic rings. The van der Waals surface area contributed by atoms with Crippen molar-refractivity contribution in [1.82, 2.24) is 0 Å². The van der Waals surface area contributed by atoms with E-state index in [1.165, 1.54) is 12.1 Å². The summed E-state index contributed by atoms with van der Waals surface area (Å²) >= 11 is 0. The maximum Gasteiger partial charge on any atom is 0.262 e. The highest BCUT2D eigenvalue weighted by Gasteiger charge is 2.18. The average molecular weight is 257 g/mol. The fourth-order valence-corrected chi connectivity index (χ4v) is 2.16. The van der Waals surface area contributed by atoms with E-state index in [9.17, 15) is 9.18 Å². The largest absolute Gasteiger partial charge is 0.483 e. The van der Waals surface area contributed by atoms with Gasteiger partial charge in [-0.25, -0.2) is 4.39 Å². The summed E-state index contributed by atoms with van der Waals surface area (Å²) in [4.78, 5) is 11.7. The second kappa shape index (κ2) is 4.39. The first-order valence-corrected chi connectivity index (χ1v) is 5.97. The Kier molecular flexibility index (Phi) is 2.71. The Balaban J connectivity index is 2.26. The third kappa shape index (κ3) is 2.17. The number of rotatable bonds is 0. The standard InChI is InChI=1S/C15H12FNO2/c1-9-2-4-11-12-7-10(16)3-5-14(12)19-8-15(18)17-13(11)6-9/h2-7H,8H2,1H3,(H,17,18). The highest BCUT2D eigenvalue weighted by atomic mass is 19.1. The van der Waals surface area contributed by atoms with Crippen molar-refractivity contribution >= 4 is 11.6 Å². The fourth-order valence-electron chi connectivity index (χ4n) is 2.16. The summed E-state index contributed by atoms with van der Waals surface area (Å²) in [6, 6.07) is 9.94. The Morgan fingerprint density at radius 1 is 1.16 bits per heavy atom. The Labute approximate surface area is 110 Å². The molecule has 0 aliphatic carbocycles. The fraction of sp³-hybridized carbons (Fsp3) is 0.133. The zero-order valence-corrected chi connectivity index (χ0v) is 10.4. The lowest BCUT2D eigenvalue weighted by atomic mass is 10.00. The van der Waals surface area contributed by atoms with Crippen LogP contribution in [0.2, 0.25) is 0 Å². The molecular weight excluding hydrogens is 245 g/mol. The van der Waals surface area contributed by atoms with Gasteiger partial charge in [-0.05, 0) is 36.8 Å². The number of anilines is 1. The smallest absolute Gasteiger partial charge is 0.262 e. The van der Waals surface area contributed by atoms with Crippen molar-refractivity contribution in [3.8, 4) is 16.9 Å². The van der Waals surface area contributed by atoms with Gasteiger partial charge in [0.1, 0.15) is 11.6 Å². The van der Waals surface area contributed by atoms with E-state index in [2.05, 4.69) is 5.32 Å². The average Bonchev–Trinajstić information content (AvgIpc) is 2.36. The molecule has 0 unspecified atom stereocenters. The number of carbonyl (C=O) groups is 1. The number of benzene rings is 2. The van der Waals surface area contributed by atoms with E-state index in [1.807, 2.05) is 25.1 Å². The van der Waals surface area contributed by atoms with Crippen LogP contribution in [0.15, 0.2) is 36.4 Å². The minimum absolute atomic E-state index is 0.0774. The molecule has 0 bridgehead atoms. The molecule has 2 aromatic carbocycles.